The first kappa shape index (κ1) is 13.9. The van der Waals surface area contributed by atoms with Crippen molar-refractivity contribution in [3.8, 4) is 11.4 Å². The van der Waals surface area contributed by atoms with E-state index in [0.29, 0.717) is 5.92 Å². The summed E-state index contributed by atoms with van der Waals surface area (Å²) in [6.07, 6.45) is 1.97. The molecule has 0 spiro atoms. The maximum Gasteiger partial charge on any atom is 0.115 e. The van der Waals surface area contributed by atoms with E-state index in [1.165, 1.54) is 11.4 Å². The lowest BCUT2D eigenvalue weighted by Crippen LogP contribution is -2.43. The van der Waals surface area contributed by atoms with E-state index in [9.17, 15) is 5.11 Å². The second-order valence-electron chi connectivity index (χ2n) is 5.74. The molecule has 1 aromatic carbocycles. The number of hydrogen-bond donors (Lipinski definition) is 2. The summed E-state index contributed by atoms with van der Waals surface area (Å²) in [6.45, 7) is 8.45. The van der Waals surface area contributed by atoms with Crippen molar-refractivity contribution in [1.29, 1.82) is 0 Å². The Bertz CT molecular complexity index is 597. The summed E-state index contributed by atoms with van der Waals surface area (Å²) >= 11 is 0. The molecule has 0 unspecified atom stereocenters. The monoisotopic (exact) mass is 286 g/mol. The van der Waals surface area contributed by atoms with Crippen LogP contribution in [0.2, 0.25) is 0 Å². The van der Waals surface area contributed by atoms with E-state index in [4.69, 9.17) is 0 Å². The average Bonchev–Trinajstić information content (AvgIpc) is 2.94. The van der Waals surface area contributed by atoms with Crippen molar-refractivity contribution in [1.82, 2.24) is 15.1 Å². The number of nitrogens with zero attached hydrogens (tertiary/aromatic N) is 3. The lowest BCUT2D eigenvalue weighted by atomic mass is 10.1. The van der Waals surface area contributed by atoms with Crippen molar-refractivity contribution in [3.05, 3.63) is 36.2 Å². The minimum atomic E-state index is 0.277. The van der Waals surface area contributed by atoms with Crippen molar-refractivity contribution in [3.63, 3.8) is 0 Å². The molecule has 0 radical (unpaired) electrons. The zero-order chi connectivity index (χ0) is 14.8. The molecule has 5 nitrogen and oxygen atoms in total. The summed E-state index contributed by atoms with van der Waals surface area (Å²) < 4.78 is 1.99. The number of phenolic OH excluding ortho intramolecular Hbond substituents is 1. The number of piperazine rings is 1. The van der Waals surface area contributed by atoms with Crippen LogP contribution in [0.1, 0.15) is 25.5 Å². The maximum absolute atomic E-state index is 9.45. The van der Waals surface area contributed by atoms with Gasteiger partial charge in [0.1, 0.15) is 5.75 Å². The molecule has 2 aromatic rings. The predicted octanol–water partition coefficient (Wildman–Crippen LogP) is 2.11. The number of aromatic hydroxyl groups is 1. The standard InChI is InChI=1S/C16H22N4O/c1-12(2)16-15(19-9-7-17-8-10-19)11-18-20(16)13-3-5-14(21)6-4-13/h3-6,11-12,17,21H,7-10H2,1-2H3. The normalized spacial score (nSPS) is 15.7. The van der Waals surface area contributed by atoms with E-state index >= 15 is 0 Å². The second-order valence-corrected chi connectivity index (χ2v) is 5.74. The minimum Gasteiger partial charge on any atom is -0.508 e. The smallest absolute Gasteiger partial charge is 0.115 e. The van der Waals surface area contributed by atoms with Crippen LogP contribution in [0.5, 0.6) is 5.75 Å². The van der Waals surface area contributed by atoms with Crippen LogP contribution in [0.15, 0.2) is 30.5 Å². The minimum absolute atomic E-state index is 0.277. The lowest BCUT2D eigenvalue weighted by Gasteiger charge is -2.30. The Morgan fingerprint density at radius 2 is 1.81 bits per heavy atom. The van der Waals surface area contributed by atoms with Gasteiger partial charge in [-0.15, -0.1) is 0 Å². The van der Waals surface area contributed by atoms with Gasteiger partial charge in [-0.25, -0.2) is 4.68 Å². The summed E-state index contributed by atoms with van der Waals surface area (Å²) in [5.41, 5.74) is 3.43. The van der Waals surface area contributed by atoms with Gasteiger partial charge < -0.3 is 15.3 Å². The van der Waals surface area contributed by atoms with Crippen LogP contribution in [-0.4, -0.2) is 41.1 Å². The van der Waals surface area contributed by atoms with Crippen LogP contribution >= 0.6 is 0 Å². The molecule has 3 rings (SSSR count). The number of rotatable bonds is 3. The first-order valence-corrected chi connectivity index (χ1v) is 7.50. The van der Waals surface area contributed by atoms with E-state index in [2.05, 4.69) is 29.2 Å². The molecule has 1 aliphatic rings. The van der Waals surface area contributed by atoms with Gasteiger partial charge in [-0.1, -0.05) is 13.8 Å². The van der Waals surface area contributed by atoms with Gasteiger partial charge in [0.05, 0.1) is 23.3 Å². The van der Waals surface area contributed by atoms with Gasteiger partial charge in [-0.05, 0) is 30.2 Å². The Balaban J connectivity index is 2.01. The second kappa shape index (κ2) is 5.77. The molecule has 1 fully saturated rings. The van der Waals surface area contributed by atoms with Crippen molar-refractivity contribution < 1.29 is 5.11 Å². The van der Waals surface area contributed by atoms with Gasteiger partial charge in [-0.3, -0.25) is 0 Å². The van der Waals surface area contributed by atoms with Gasteiger partial charge in [0.15, 0.2) is 0 Å². The molecule has 0 amide bonds. The van der Waals surface area contributed by atoms with Crippen molar-refractivity contribution in [2.24, 2.45) is 0 Å². The van der Waals surface area contributed by atoms with E-state index in [1.54, 1.807) is 12.1 Å². The lowest BCUT2D eigenvalue weighted by molar-refractivity contribution is 0.475. The van der Waals surface area contributed by atoms with Crippen molar-refractivity contribution >= 4 is 5.69 Å². The Labute approximate surface area is 125 Å². The Kier molecular flexibility index (Phi) is 3.84. The van der Waals surface area contributed by atoms with Crippen LogP contribution in [0.4, 0.5) is 5.69 Å². The highest BCUT2D eigenvalue weighted by Crippen LogP contribution is 2.30. The highest BCUT2D eigenvalue weighted by Gasteiger charge is 2.21. The molecule has 2 heterocycles. The predicted molar refractivity (Wildman–Crippen MR) is 84.4 cm³/mol. The molecular formula is C16H22N4O. The Hall–Kier alpha value is -2.01. The van der Waals surface area contributed by atoms with Crippen molar-refractivity contribution in [2.45, 2.75) is 19.8 Å². The van der Waals surface area contributed by atoms with Crippen LogP contribution in [0, 0.1) is 0 Å². The highest BCUT2D eigenvalue weighted by atomic mass is 16.3. The molecule has 0 atom stereocenters. The number of aromatic nitrogens is 2. The third-order valence-corrected chi connectivity index (χ3v) is 3.88. The van der Waals surface area contributed by atoms with E-state index < -0.39 is 0 Å². The highest BCUT2D eigenvalue weighted by molar-refractivity contribution is 5.54. The number of phenols is 1. The van der Waals surface area contributed by atoms with Crippen LogP contribution in [0.3, 0.4) is 0 Å². The molecule has 21 heavy (non-hydrogen) atoms. The van der Waals surface area contributed by atoms with E-state index in [1.807, 2.05) is 23.0 Å². The average molecular weight is 286 g/mol. The van der Waals surface area contributed by atoms with Crippen molar-refractivity contribution in [2.75, 3.05) is 31.1 Å². The fourth-order valence-corrected chi connectivity index (χ4v) is 2.84. The molecule has 1 saturated heterocycles. The third-order valence-electron chi connectivity index (χ3n) is 3.88. The molecule has 5 heteroatoms. The zero-order valence-corrected chi connectivity index (χ0v) is 12.6. The van der Waals surface area contributed by atoms with E-state index in [0.717, 1.165) is 31.9 Å². The van der Waals surface area contributed by atoms with Gasteiger partial charge in [0.25, 0.3) is 0 Å². The summed E-state index contributed by atoms with van der Waals surface area (Å²) in [5, 5.41) is 17.4. The quantitative estimate of drug-likeness (QED) is 0.907. The van der Waals surface area contributed by atoms with Crippen LogP contribution in [0.25, 0.3) is 5.69 Å². The van der Waals surface area contributed by atoms with Gasteiger partial charge in [-0.2, -0.15) is 5.10 Å². The van der Waals surface area contributed by atoms with Gasteiger partial charge in [0.2, 0.25) is 0 Å². The third kappa shape index (κ3) is 2.74. The Morgan fingerprint density at radius 3 is 2.43 bits per heavy atom. The van der Waals surface area contributed by atoms with Crippen LogP contribution in [-0.2, 0) is 0 Å². The Morgan fingerprint density at radius 1 is 1.14 bits per heavy atom. The maximum atomic E-state index is 9.45. The molecule has 1 aromatic heterocycles. The summed E-state index contributed by atoms with van der Waals surface area (Å²) in [5.74, 6) is 0.658. The van der Waals surface area contributed by atoms with Crippen LogP contribution < -0.4 is 10.2 Å². The topological polar surface area (TPSA) is 53.3 Å². The zero-order valence-electron chi connectivity index (χ0n) is 12.6. The number of nitrogens with one attached hydrogen (secondary N) is 1. The summed E-state index contributed by atoms with van der Waals surface area (Å²) in [4.78, 5) is 2.40. The number of hydrogen-bond acceptors (Lipinski definition) is 4. The first-order valence-electron chi connectivity index (χ1n) is 7.50. The van der Waals surface area contributed by atoms with Gasteiger partial charge >= 0.3 is 0 Å². The molecule has 0 bridgehead atoms. The first-order chi connectivity index (χ1) is 10.2. The van der Waals surface area contributed by atoms with E-state index in [-0.39, 0.29) is 5.75 Å². The molecule has 2 N–H and O–H groups in total. The molecular weight excluding hydrogens is 264 g/mol. The fourth-order valence-electron chi connectivity index (χ4n) is 2.84. The summed E-state index contributed by atoms with van der Waals surface area (Å²) in [7, 11) is 0. The fraction of sp³-hybridized carbons (Fsp3) is 0.438. The number of anilines is 1. The van der Waals surface area contributed by atoms with Gasteiger partial charge in [0, 0.05) is 26.2 Å². The molecule has 1 aliphatic heterocycles. The summed E-state index contributed by atoms with van der Waals surface area (Å²) in [6, 6.07) is 7.20. The molecule has 0 saturated carbocycles. The molecule has 0 aliphatic carbocycles. The SMILES string of the molecule is CC(C)c1c(N2CCNCC2)cnn1-c1ccc(O)cc1. The number of benzene rings is 1. The molecule has 112 valence electrons. The largest absolute Gasteiger partial charge is 0.508 e.